The Morgan fingerprint density at radius 3 is 2.12 bits per heavy atom. The summed E-state index contributed by atoms with van der Waals surface area (Å²) in [7, 11) is 0. The van der Waals surface area contributed by atoms with Gasteiger partial charge in [0.1, 0.15) is 0 Å². The Morgan fingerprint density at radius 1 is 1.09 bits per heavy atom. The molecule has 0 N–H and O–H groups in total. The molecule has 0 atom stereocenters. The number of carbonyl (C=O) groups excluding carboxylic acids is 1. The lowest BCUT2D eigenvalue weighted by Crippen LogP contribution is -2.52. The van der Waals surface area contributed by atoms with Gasteiger partial charge in [-0.3, -0.25) is 4.99 Å². The number of carbonyl (C=O) groups is 1. The number of piperazine rings is 1. The third kappa shape index (κ3) is 6.39. The molecule has 0 aromatic carbocycles. The van der Waals surface area contributed by atoms with Crippen molar-refractivity contribution in [2.45, 2.75) is 72.6 Å². The molecule has 0 spiro atoms. The Kier molecular flexibility index (Phi) is 8.60. The summed E-state index contributed by atoms with van der Waals surface area (Å²) in [5, 5.41) is 0. The fourth-order valence-corrected chi connectivity index (χ4v) is 3.72. The summed E-state index contributed by atoms with van der Waals surface area (Å²) in [4.78, 5) is 20.5. The van der Waals surface area contributed by atoms with Crippen molar-refractivity contribution in [3.63, 3.8) is 0 Å². The van der Waals surface area contributed by atoms with E-state index in [2.05, 4.69) is 29.8 Å². The Morgan fingerprint density at radius 2 is 1.66 bits per heavy atom. The number of halogens is 3. The Hall–Kier alpha value is -2.25. The first-order valence-corrected chi connectivity index (χ1v) is 11.3. The number of nitrogens with zero attached hydrogens (tertiary/aromatic N) is 3. The standard InChI is InChI=1S/C24H36F3N3O2/c1-7-9-12-28-17(3)21(20(8-2)19-10-11-19)18(4)29-13-15-30(16-14-29)22(31)32-23(5,6)24(25,26)27/h8-9,12,19H,7,10-11,13-16H2,1-6H3/b12-9+,20-8-,21-18-,28-17+. The molecule has 1 saturated carbocycles. The molecular formula is C24H36F3N3O2. The summed E-state index contributed by atoms with van der Waals surface area (Å²) in [6, 6.07) is 0. The molecule has 0 radical (unpaired) electrons. The SMILES string of the molecule is C\C=C(C(/C(C)=N/C=C/CC)=C(/C)N1CCN(C(=O)OC(C)(C)C(F)(F)F)CC1)\C1CC1. The van der Waals surface area contributed by atoms with E-state index in [0.717, 1.165) is 37.3 Å². The highest BCUT2D eigenvalue weighted by atomic mass is 19.4. The number of hydrogen-bond acceptors (Lipinski definition) is 4. The normalized spacial score (nSPS) is 20.0. The van der Waals surface area contributed by atoms with E-state index >= 15 is 0 Å². The van der Waals surface area contributed by atoms with Gasteiger partial charge in [-0.25, -0.2) is 4.79 Å². The second-order valence-corrected chi connectivity index (χ2v) is 8.84. The van der Waals surface area contributed by atoms with Crippen LogP contribution in [0.25, 0.3) is 0 Å². The third-order valence-electron chi connectivity index (χ3n) is 5.99. The number of ether oxygens (including phenoxy) is 1. The van der Waals surface area contributed by atoms with Crippen LogP contribution in [0, 0.1) is 5.92 Å². The predicted octanol–water partition coefficient (Wildman–Crippen LogP) is 6.10. The fourth-order valence-electron chi connectivity index (χ4n) is 3.72. The monoisotopic (exact) mass is 455 g/mol. The summed E-state index contributed by atoms with van der Waals surface area (Å²) in [6.45, 7) is 11.6. The van der Waals surface area contributed by atoms with Gasteiger partial charge >= 0.3 is 12.3 Å². The summed E-state index contributed by atoms with van der Waals surface area (Å²) < 4.78 is 43.9. The van der Waals surface area contributed by atoms with Crippen molar-refractivity contribution in [2.75, 3.05) is 26.2 Å². The maximum Gasteiger partial charge on any atom is 0.427 e. The molecular weight excluding hydrogens is 419 g/mol. The fraction of sp³-hybridized carbons (Fsp3) is 0.667. The van der Waals surface area contributed by atoms with Crippen molar-refractivity contribution in [3.8, 4) is 0 Å². The molecule has 1 saturated heterocycles. The molecule has 1 aliphatic heterocycles. The molecule has 2 fully saturated rings. The maximum atomic E-state index is 13.1. The Labute approximate surface area is 189 Å². The minimum absolute atomic E-state index is 0.303. The molecule has 180 valence electrons. The van der Waals surface area contributed by atoms with Crippen molar-refractivity contribution in [1.29, 1.82) is 0 Å². The van der Waals surface area contributed by atoms with Gasteiger partial charge in [-0.15, -0.1) is 0 Å². The molecule has 5 nitrogen and oxygen atoms in total. The van der Waals surface area contributed by atoms with Gasteiger partial charge in [-0.1, -0.05) is 19.1 Å². The van der Waals surface area contributed by atoms with Crippen LogP contribution in [0.15, 0.2) is 40.2 Å². The lowest BCUT2D eigenvalue weighted by molar-refractivity contribution is -0.246. The van der Waals surface area contributed by atoms with Crippen LogP contribution in [-0.2, 0) is 4.74 Å². The van der Waals surface area contributed by atoms with Gasteiger partial charge in [0, 0.05) is 49.4 Å². The quantitative estimate of drug-likeness (QED) is 0.344. The number of hydrogen-bond donors (Lipinski definition) is 0. The molecule has 2 rings (SSSR count). The van der Waals surface area contributed by atoms with Crippen LogP contribution >= 0.6 is 0 Å². The van der Waals surface area contributed by atoms with Crippen LogP contribution in [0.1, 0.15) is 60.8 Å². The van der Waals surface area contributed by atoms with E-state index in [1.807, 2.05) is 26.1 Å². The molecule has 1 aliphatic carbocycles. The predicted molar refractivity (Wildman–Crippen MR) is 121 cm³/mol. The summed E-state index contributed by atoms with van der Waals surface area (Å²) >= 11 is 0. The lowest BCUT2D eigenvalue weighted by Gasteiger charge is -2.38. The number of amides is 1. The molecule has 1 heterocycles. The van der Waals surface area contributed by atoms with E-state index in [1.165, 1.54) is 23.3 Å². The van der Waals surface area contributed by atoms with E-state index < -0.39 is 17.9 Å². The van der Waals surface area contributed by atoms with Gasteiger partial charge in [-0.05, 0) is 65.4 Å². The van der Waals surface area contributed by atoms with Crippen LogP contribution < -0.4 is 0 Å². The van der Waals surface area contributed by atoms with Crippen molar-refractivity contribution in [1.82, 2.24) is 9.80 Å². The van der Waals surface area contributed by atoms with Gasteiger partial charge in [0.25, 0.3) is 0 Å². The second kappa shape index (κ2) is 10.6. The minimum atomic E-state index is -4.62. The molecule has 1 amide bonds. The van der Waals surface area contributed by atoms with Crippen LogP contribution in [-0.4, -0.2) is 59.6 Å². The van der Waals surface area contributed by atoms with E-state index in [1.54, 1.807) is 0 Å². The highest BCUT2D eigenvalue weighted by Gasteiger charge is 2.51. The largest absolute Gasteiger partial charge is 0.434 e. The number of aliphatic imine (C=N–C) groups is 1. The van der Waals surface area contributed by atoms with Crippen molar-refractivity contribution >= 4 is 11.8 Å². The van der Waals surface area contributed by atoms with Crippen LogP contribution in [0.2, 0.25) is 0 Å². The number of rotatable bonds is 7. The van der Waals surface area contributed by atoms with Crippen LogP contribution in [0.4, 0.5) is 18.0 Å². The second-order valence-electron chi connectivity index (χ2n) is 8.84. The summed E-state index contributed by atoms with van der Waals surface area (Å²) in [5.74, 6) is 0.547. The zero-order chi connectivity index (χ0) is 24.1. The number of allylic oxidation sites excluding steroid dienone is 5. The number of alkyl halides is 3. The molecule has 0 unspecified atom stereocenters. The zero-order valence-corrected chi connectivity index (χ0v) is 20.1. The van der Waals surface area contributed by atoms with Crippen LogP contribution in [0.3, 0.4) is 0 Å². The zero-order valence-electron chi connectivity index (χ0n) is 20.1. The molecule has 0 aromatic rings. The first-order valence-electron chi connectivity index (χ1n) is 11.3. The smallest absolute Gasteiger partial charge is 0.427 e. The Bertz CT molecular complexity index is 798. The Balaban J connectivity index is 2.17. The van der Waals surface area contributed by atoms with Gasteiger partial charge < -0.3 is 14.5 Å². The van der Waals surface area contributed by atoms with E-state index in [-0.39, 0.29) is 0 Å². The average molecular weight is 456 g/mol. The maximum absolute atomic E-state index is 13.1. The van der Waals surface area contributed by atoms with E-state index in [0.29, 0.717) is 32.1 Å². The molecule has 0 bridgehead atoms. The average Bonchev–Trinajstić information content (AvgIpc) is 3.55. The summed E-state index contributed by atoms with van der Waals surface area (Å²) in [5.41, 5.74) is 1.93. The highest BCUT2D eigenvalue weighted by Crippen LogP contribution is 2.41. The van der Waals surface area contributed by atoms with Crippen molar-refractivity contribution in [2.24, 2.45) is 10.9 Å². The van der Waals surface area contributed by atoms with Crippen molar-refractivity contribution in [3.05, 3.63) is 35.2 Å². The molecule has 2 aliphatic rings. The van der Waals surface area contributed by atoms with Gasteiger partial charge in [0.05, 0.1) is 0 Å². The van der Waals surface area contributed by atoms with E-state index in [9.17, 15) is 18.0 Å². The minimum Gasteiger partial charge on any atom is -0.434 e. The van der Waals surface area contributed by atoms with E-state index in [4.69, 9.17) is 4.74 Å². The first kappa shape index (κ1) is 26.0. The molecule has 0 aromatic heterocycles. The van der Waals surface area contributed by atoms with Gasteiger partial charge in [0.2, 0.25) is 5.60 Å². The highest BCUT2D eigenvalue weighted by molar-refractivity contribution is 6.03. The van der Waals surface area contributed by atoms with Crippen LogP contribution in [0.5, 0.6) is 0 Å². The topological polar surface area (TPSA) is 45.1 Å². The first-order chi connectivity index (χ1) is 14.9. The third-order valence-corrected chi connectivity index (χ3v) is 5.99. The van der Waals surface area contributed by atoms with Gasteiger partial charge in [-0.2, -0.15) is 13.2 Å². The molecule has 32 heavy (non-hydrogen) atoms. The lowest BCUT2D eigenvalue weighted by atomic mass is 9.95. The summed E-state index contributed by atoms with van der Waals surface area (Å²) in [6.07, 6.45) is 3.71. The van der Waals surface area contributed by atoms with Crippen molar-refractivity contribution < 1.29 is 22.7 Å². The molecule has 8 heteroatoms. The van der Waals surface area contributed by atoms with Gasteiger partial charge in [0.15, 0.2) is 0 Å².